The van der Waals surface area contributed by atoms with Crippen LogP contribution in [0.1, 0.15) is 47.0 Å². The number of hydrogen-bond donors (Lipinski definition) is 2. The number of rotatable bonds is 5. The second kappa shape index (κ2) is 8.06. The first kappa shape index (κ1) is 19.1. The van der Waals surface area contributed by atoms with E-state index in [1.54, 1.807) is 32.6 Å². The summed E-state index contributed by atoms with van der Waals surface area (Å²) in [6.45, 7) is 7.18. The van der Waals surface area contributed by atoms with Crippen molar-refractivity contribution in [2.45, 2.75) is 77.2 Å². The summed E-state index contributed by atoms with van der Waals surface area (Å²) >= 11 is 0. The normalized spacial score (nSPS) is 26.3. The highest BCUT2D eigenvalue weighted by Crippen LogP contribution is 2.25. The fourth-order valence-electron chi connectivity index (χ4n) is 2.83. The van der Waals surface area contributed by atoms with Gasteiger partial charge in [-0.15, -0.1) is 0 Å². The van der Waals surface area contributed by atoms with Crippen LogP contribution >= 0.6 is 0 Å². The van der Waals surface area contributed by atoms with Gasteiger partial charge in [0.25, 0.3) is 6.43 Å². The third kappa shape index (κ3) is 6.44. The van der Waals surface area contributed by atoms with Crippen molar-refractivity contribution in [3.63, 3.8) is 0 Å². The molecule has 1 aliphatic carbocycles. The Bertz CT molecular complexity index is 361. The molecule has 0 spiro atoms. The number of aliphatic hydroxyl groups is 1. The second-order valence-corrected chi connectivity index (χ2v) is 6.77. The number of carbonyl (C=O) groups is 1. The summed E-state index contributed by atoms with van der Waals surface area (Å²) < 4.78 is 30.7. The van der Waals surface area contributed by atoms with Crippen LogP contribution in [0.3, 0.4) is 0 Å². The van der Waals surface area contributed by atoms with Crippen LogP contribution in [0.4, 0.5) is 13.6 Å². The Morgan fingerprint density at radius 1 is 1.41 bits per heavy atom. The Morgan fingerprint density at radius 2 is 2.05 bits per heavy atom. The molecule has 0 aliphatic heterocycles. The molecule has 7 heteroatoms. The van der Waals surface area contributed by atoms with Gasteiger partial charge >= 0.3 is 6.09 Å². The average molecular weight is 322 g/mol. The van der Waals surface area contributed by atoms with E-state index in [0.29, 0.717) is 25.8 Å². The fraction of sp³-hybridized carbons (Fsp3) is 0.933. The van der Waals surface area contributed by atoms with Crippen LogP contribution in [0.25, 0.3) is 0 Å². The lowest BCUT2D eigenvalue weighted by molar-refractivity contribution is 0.00442. The number of amides is 1. The van der Waals surface area contributed by atoms with Crippen molar-refractivity contribution in [3.8, 4) is 0 Å². The number of carbonyl (C=O) groups excluding carboxylic acids is 1. The summed E-state index contributed by atoms with van der Waals surface area (Å²) in [6.07, 6.45) is -2.05. The van der Waals surface area contributed by atoms with E-state index < -0.39 is 24.2 Å². The molecular weight excluding hydrogens is 294 g/mol. The molecule has 130 valence electrons. The van der Waals surface area contributed by atoms with Gasteiger partial charge in [0.15, 0.2) is 0 Å². The van der Waals surface area contributed by atoms with Crippen LogP contribution in [0, 0.1) is 0 Å². The van der Waals surface area contributed by atoms with Crippen LogP contribution in [0.2, 0.25) is 0 Å². The number of alkyl carbamates (subject to hydrolysis) is 1. The van der Waals surface area contributed by atoms with E-state index in [9.17, 15) is 18.7 Å². The number of likely N-dealkylation sites (N-methyl/N-ethyl adjacent to an activating group) is 1. The number of hydrogen-bond acceptors (Lipinski definition) is 4. The van der Waals surface area contributed by atoms with Gasteiger partial charge in [0, 0.05) is 12.1 Å². The topological polar surface area (TPSA) is 61.8 Å². The van der Waals surface area contributed by atoms with Crippen molar-refractivity contribution in [1.82, 2.24) is 10.2 Å². The maximum absolute atomic E-state index is 12.7. The number of nitrogens with one attached hydrogen (secondary N) is 1. The van der Waals surface area contributed by atoms with Crippen molar-refractivity contribution < 1.29 is 23.4 Å². The number of aliphatic hydroxyl groups excluding tert-OH is 1. The van der Waals surface area contributed by atoms with E-state index in [2.05, 4.69) is 5.32 Å². The Kier molecular flexibility index (Phi) is 6.99. The van der Waals surface area contributed by atoms with E-state index in [4.69, 9.17) is 4.74 Å². The predicted molar refractivity (Wildman–Crippen MR) is 80.1 cm³/mol. The highest BCUT2D eigenvalue weighted by molar-refractivity contribution is 5.68. The minimum atomic E-state index is -2.44. The smallest absolute Gasteiger partial charge is 0.407 e. The Labute approximate surface area is 131 Å². The highest BCUT2D eigenvalue weighted by atomic mass is 19.3. The molecule has 3 atom stereocenters. The Hall–Kier alpha value is -0.950. The Balaban J connectivity index is 2.73. The van der Waals surface area contributed by atoms with Gasteiger partial charge in [-0.3, -0.25) is 4.90 Å². The molecule has 0 heterocycles. The first-order valence-electron chi connectivity index (χ1n) is 7.82. The third-order valence-corrected chi connectivity index (χ3v) is 3.74. The first-order valence-corrected chi connectivity index (χ1v) is 7.82. The standard InChI is InChI=1S/C15H28F2N2O3/c1-5-19(9-13(16)17)12-8-10(20)6-7-11(12)18-14(21)22-15(2,3)4/h10-13,20H,5-9H2,1-4H3,(H,18,21). The minimum Gasteiger partial charge on any atom is -0.444 e. The molecule has 0 bridgehead atoms. The molecule has 22 heavy (non-hydrogen) atoms. The van der Waals surface area contributed by atoms with Crippen LogP contribution in [0.5, 0.6) is 0 Å². The quantitative estimate of drug-likeness (QED) is 0.816. The van der Waals surface area contributed by atoms with Gasteiger partial charge in [-0.1, -0.05) is 6.92 Å². The van der Waals surface area contributed by atoms with E-state index in [0.717, 1.165) is 0 Å². The van der Waals surface area contributed by atoms with Gasteiger partial charge < -0.3 is 15.2 Å². The summed E-state index contributed by atoms with van der Waals surface area (Å²) in [7, 11) is 0. The van der Waals surface area contributed by atoms with E-state index in [-0.39, 0.29) is 18.6 Å². The maximum atomic E-state index is 12.7. The van der Waals surface area contributed by atoms with Crippen molar-refractivity contribution in [1.29, 1.82) is 0 Å². The molecule has 0 radical (unpaired) electrons. The van der Waals surface area contributed by atoms with Crippen LogP contribution in [-0.4, -0.2) is 59.4 Å². The monoisotopic (exact) mass is 322 g/mol. The fourth-order valence-corrected chi connectivity index (χ4v) is 2.83. The molecule has 1 fully saturated rings. The highest BCUT2D eigenvalue weighted by Gasteiger charge is 2.35. The second-order valence-electron chi connectivity index (χ2n) is 6.77. The van der Waals surface area contributed by atoms with Gasteiger partial charge in [0.05, 0.1) is 12.6 Å². The lowest BCUT2D eigenvalue weighted by Crippen LogP contribution is -2.56. The summed E-state index contributed by atoms with van der Waals surface area (Å²) in [5, 5.41) is 12.6. The molecule has 0 aromatic heterocycles. The number of alkyl halides is 2. The molecule has 3 unspecified atom stereocenters. The zero-order chi connectivity index (χ0) is 16.9. The summed E-state index contributed by atoms with van der Waals surface area (Å²) in [5.41, 5.74) is -0.610. The predicted octanol–water partition coefficient (Wildman–Crippen LogP) is 2.38. The average Bonchev–Trinajstić information content (AvgIpc) is 2.35. The molecule has 1 saturated carbocycles. The maximum Gasteiger partial charge on any atom is 0.407 e. The van der Waals surface area contributed by atoms with Gasteiger partial charge in [-0.2, -0.15) is 0 Å². The largest absolute Gasteiger partial charge is 0.444 e. The van der Waals surface area contributed by atoms with Crippen molar-refractivity contribution in [2.24, 2.45) is 0 Å². The number of halogens is 2. The molecular formula is C15H28F2N2O3. The lowest BCUT2D eigenvalue weighted by Gasteiger charge is -2.41. The SMILES string of the molecule is CCN(CC(F)F)C1CC(O)CCC1NC(=O)OC(C)(C)C. The lowest BCUT2D eigenvalue weighted by atomic mass is 9.87. The van der Waals surface area contributed by atoms with E-state index >= 15 is 0 Å². The molecule has 0 saturated heterocycles. The number of ether oxygens (including phenoxy) is 1. The van der Waals surface area contributed by atoms with Crippen molar-refractivity contribution >= 4 is 6.09 Å². The molecule has 0 aromatic carbocycles. The van der Waals surface area contributed by atoms with Crippen molar-refractivity contribution in [2.75, 3.05) is 13.1 Å². The molecule has 2 N–H and O–H groups in total. The molecule has 5 nitrogen and oxygen atoms in total. The van der Waals surface area contributed by atoms with E-state index in [1.165, 1.54) is 0 Å². The van der Waals surface area contributed by atoms with Crippen LogP contribution < -0.4 is 5.32 Å². The minimum absolute atomic E-state index is 0.294. The summed E-state index contributed by atoms with van der Waals surface area (Å²) in [6, 6.07) is -0.604. The molecule has 1 aliphatic rings. The van der Waals surface area contributed by atoms with Gasteiger partial charge in [-0.05, 0) is 46.6 Å². The van der Waals surface area contributed by atoms with Gasteiger partial charge in [-0.25, -0.2) is 13.6 Å². The van der Waals surface area contributed by atoms with Crippen molar-refractivity contribution in [3.05, 3.63) is 0 Å². The van der Waals surface area contributed by atoms with E-state index in [1.807, 2.05) is 0 Å². The van der Waals surface area contributed by atoms with Gasteiger partial charge in [0.1, 0.15) is 5.60 Å². The summed E-state index contributed by atoms with van der Waals surface area (Å²) in [5.74, 6) is 0. The third-order valence-electron chi connectivity index (χ3n) is 3.74. The molecule has 0 aromatic rings. The zero-order valence-corrected chi connectivity index (χ0v) is 13.8. The zero-order valence-electron chi connectivity index (χ0n) is 13.8. The first-order chi connectivity index (χ1) is 10.1. The van der Waals surface area contributed by atoms with Gasteiger partial charge in [0.2, 0.25) is 0 Å². The van der Waals surface area contributed by atoms with Crippen LogP contribution in [-0.2, 0) is 4.74 Å². The molecule has 1 amide bonds. The number of nitrogens with zero attached hydrogens (tertiary/aromatic N) is 1. The summed E-state index contributed by atoms with van der Waals surface area (Å²) in [4.78, 5) is 13.5. The molecule has 1 rings (SSSR count). The Morgan fingerprint density at radius 3 is 2.55 bits per heavy atom. The van der Waals surface area contributed by atoms with Crippen LogP contribution in [0.15, 0.2) is 0 Å².